The smallest absolute Gasteiger partial charge is 0.124 e. The van der Waals surface area contributed by atoms with E-state index in [4.69, 9.17) is 0 Å². The molecule has 0 fully saturated rings. The lowest BCUT2D eigenvalue weighted by Gasteiger charge is -2.14. The molecule has 2 unspecified atom stereocenters. The molecule has 2 aromatic rings. The second-order valence-electron chi connectivity index (χ2n) is 3.90. The molecule has 0 radical (unpaired) electrons. The Hall–Kier alpha value is -1.20. The summed E-state index contributed by atoms with van der Waals surface area (Å²) in [5.41, 5.74) is 0.710. The van der Waals surface area contributed by atoms with E-state index < -0.39 is 6.10 Å². The maximum absolute atomic E-state index is 13.2. The molecule has 1 aromatic heterocycles. The molecule has 3 nitrogen and oxygen atoms in total. The van der Waals surface area contributed by atoms with Crippen molar-refractivity contribution in [1.29, 1.82) is 0 Å². The third-order valence-electron chi connectivity index (χ3n) is 2.54. The van der Waals surface area contributed by atoms with Crippen LogP contribution in [-0.4, -0.2) is 26.4 Å². The van der Waals surface area contributed by atoms with Crippen molar-refractivity contribution in [2.75, 3.05) is 0 Å². The van der Waals surface area contributed by atoms with Gasteiger partial charge in [-0.3, -0.25) is 0 Å². The van der Waals surface area contributed by atoms with Crippen molar-refractivity contribution in [2.45, 2.75) is 30.2 Å². The van der Waals surface area contributed by atoms with E-state index in [2.05, 4.69) is 9.97 Å². The zero-order chi connectivity index (χ0) is 12.4. The van der Waals surface area contributed by atoms with E-state index in [1.807, 2.05) is 6.92 Å². The monoisotopic (exact) mass is 252 g/mol. The molecular weight excluding hydrogens is 239 g/mol. The predicted molar refractivity (Wildman–Crippen MR) is 66.5 cm³/mol. The topological polar surface area (TPSA) is 46.0 Å². The van der Waals surface area contributed by atoms with E-state index in [-0.39, 0.29) is 11.1 Å². The molecule has 2 atom stereocenters. The summed E-state index contributed by atoms with van der Waals surface area (Å²) in [5, 5.41) is 10.8. The minimum atomic E-state index is -0.446. The lowest BCUT2D eigenvalue weighted by atomic mass is 10.2. The third-order valence-corrected chi connectivity index (χ3v) is 3.85. The maximum atomic E-state index is 13.2. The van der Waals surface area contributed by atoms with E-state index in [1.54, 1.807) is 13.0 Å². The quantitative estimate of drug-likeness (QED) is 0.674. The van der Waals surface area contributed by atoms with Gasteiger partial charge >= 0.3 is 0 Å². The van der Waals surface area contributed by atoms with Crippen molar-refractivity contribution in [2.24, 2.45) is 0 Å². The van der Waals surface area contributed by atoms with Crippen LogP contribution >= 0.6 is 11.8 Å². The first-order chi connectivity index (χ1) is 8.08. The highest BCUT2D eigenvalue weighted by Gasteiger charge is 2.14. The summed E-state index contributed by atoms with van der Waals surface area (Å²) in [7, 11) is 0. The second-order valence-corrected chi connectivity index (χ2v) is 5.27. The highest BCUT2D eigenvalue weighted by atomic mass is 32.2. The lowest BCUT2D eigenvalue weighted by Crippen LogP contribution is -2.15. The van der Waals surface area contributed by atoms with Crippen LogP contribution in [0.1, 0.15) is 13.8 Å². The average Bonchev–Trinajstić information content (AvgIpc) is 2.29. The summed E-state index contributed by atoms with van der Waals surface area (Å²) in [6, 6.07) is 4.43. The molecule has 0 amide bonds. The van der Waals surface area contributed by atoms with E-state index in [1.165, 1.54) is 30.2 Å². The standard InChI is InChI=1S/C12H13FN2OS/c1-7(16)8(2)17-12-10-5-9(13)3-4-11(10)14-6-15-12/h3-8,16H,1-2H3. The molecule has 1 aromatic carbocycles. The van der Waals surface area contributed by atoms with Crippen LogP contribution in [0.15, 0.2) is 29.6 Å². The summed E-state index contributed by atoms with van der Waals surface area (Å²) in [6.07, 6.45) is 1.01. The van der Waals surface area contributed by atoms with Crippen LogP contribution in [0, 0.1) is 5.82 Å². The van der Waals surface area contributed by atoms with Crippen molar-refractivity contribution in [3.8, 4) is 0 Å². The number of aliphatic hydroxyl groups is 1. The highest BCUT2D eigenvalue weighted by molar-refractivity contribution is 8.00. The normalized spacial score (nSPS) is 14.8. The van der Waals surface area contributed by atoms with Crippen molar-refractivity contribution >= 4 is 22.7 Å². The number of aromatic nitrogens is 2. The zero-order valence-corrected chi connectivity index (χ0v) is 10.4. The number of thioether (sulfide) groups is 1. The number of hydrogen-bond donors (Lipinski definition) is 1. The highest BCUT2D eigenvalue weighted by Crippen LogP contribution is 2.29. The SMILES string of the molecule is CC(O)C(C)Sc1ncnc2ccc(F)cc12. The van der Waals surface area contributed by atoms with Crippen LogP contribution in [0.2, 0.25) is 0 Å². The van der Waals surface area contributed by atoms with Crippen LogP contribution in [-0.2, 0) is 0 Å². The van der Waals surface area contributed by atoms with E-state index >= 15 is 0 Å². The second kappa shape index (κ2) is 4.98. The van der Waals surface area contributed by atoms with E-state index in [9.17, 15) is 9.50 Å². The fourth-order valence-electron chi connectivity index (χ4n) is 1.37. The first kappa shape index (κ1) is 12.3. The first-order valence-electron chi connectivity index (χ1n) is 5.33. The number of rotatable bonds is 3. The fourth-order valence-corrected chi connectivity index (χ4v) is 2.32. The van der Waals surface area contributed by atoms with Crippen molar-refractivity contribution in [3.05, 3.63) is 30.3 Å². The Labute approximate surface area is 103 Å². The first-order valence-corrected chi connectivity index (χ1v) is 6.21. The molecule has 1 N–H and O–H groups in total. The van der Waals surface area contributed by atoms with Crippen LogP contribution < -0.4 is 0 Å². The number of halogens is 1. The minimum Gasteiger partial charge on any atom is -0.392 e. The average molecular weight is 252 g/mol. The van der Waals surface area contributed by atoms with Gasteiger partial charge < -0.3 is 5.11 Å². The Morgan fingerprint density at radius 3 is 2.76 bits per heavy atom. The molecule has 0 saturated heterocycles. The number of hydrogen-bond acceptors (Lipinski definition) is 4. The Kier molecular flexibility index (Phi) is 3.59. The molecule has 90 valence electrons. The molecular formula is C12H13FN2OS. The molecule has 0 aliphatic heterocycles. The zero-order valence-electron chi connectivity index (χ0n) is 9.59. The van der Waals surface area contributed by atoms with E-state index in [0.29, 0.717) is 15.9 Å². The van der Waals surface area contributed by atoms with Crippen molar-refractivity contribution in [3.63, 3.8) is 0 Å². The summed E-state index contributed by atoms with van der Waals surface area (Å²) >= 11 is 1.42. The maximum Gasteiger partial charge on any atom is 0.124 e. The van der Waals surface area contributed by atoms with Gasteiger partial charge in [-0.05, 0) is 25.1 Å². The number of benzene rings is 1. The molecule has 1 heterocycles. The van der Waals surface area contributed by atoms with Gasteiger partial charge in [0.25, 0.3) is 0 Å². The minimum absolute atomic E-state index is 0.00336. The molecule has 0 spiro atoms. The number of aliphatic hydroxyl groups excluding tert-OH is 1. The number of fused-ring (bicyclic) bond motifs is 1. The van der Waals surface area contributed by atoms with Crippen molar-refractivity contribution in [1.82, 2.24) is 9.97 Å². The summed E-state index contributed by atoms with van der Waals surface area (Å²) < 4.78 is 13.2. The molecule has 0 aliphatic rings. The number of nitrogens with zero attached hydrogens (tertiary/aromatic N) is 2. The Morgan fingerprint density at radius 1 is 1.29 bits per heavy atom. The van der Waals surface area contributed by atoms with Crippen LogP contribution in [0.5, 0.6) is 0 Å². The van der Waals surface area contributed by atoms with E-state index in [0.717, 1.165) is 0 Å². The molecule has 17 heavy (non-hydrogen) atoms. The fraction of sp³-hybridized carbons (Fsp3) is 0.333. The van der Waals surface area contributed by atoms with Gasteiger partial charge in [0.15, 0.2) is 0 Å². The van der Waals surface area contributed by atoms with Crippen molar-refractivity contribution < 1.29 is 9.50 Å². The summed E-state index contributed by atoms with van der Waals surface area (Å²) in [5.74, 6) is -0.307. The van der Waals surface area contributed by atoms with Crippen LogP contribution in [0.4, 0.5) is 4.39 Å². The lowest BCUT2D eigenvalue weighted by molar-refractivity contribution is 0.196. The van der Waals surface area contributed by atoms with Gasteiger partial charge in [0, 0.05) is 10.6 Å². The summed E-state index contributed by atoms with van der Waals surface area (Å²) in [6.45, 7) is 3.63. The third kappa shape index (κ3) is 2.73. The Balaban J connectivity index is 2.43. The van der Waals surface area contributed by atoms with Gasteiger partial charge in [-0.1, -0.05) is 18.7 Å². The molecule has 2 rings (SSSR count). The van der Waals surface area contributed by atoms with Gasteiger partial charge in [0.1, 0.15) is 17.2 Å². The van der Waals surface area contributed by atoms with Crippen LogP contribution in [0.3, 0.4) is 0 Å². The Morgan fingerprint density at radius 2 is 2.06 bits per heavy atom. The molecule has 0 aliphatic carbocycles. The molecule has 0 bridgehead atoms. The van der Waals surface area contributed by atoms with Gasteiger partial charge in [-0.25, -0.2) is 14.4 Å². The predicted octanol–water partition coefficient (Wildman–Crippen LogP) is 2.63. The van der Waals surface area contributed by atoms with Gasteiger partial charge in [-0.2, -0.15) is 0 Å². The van der Waals surface area contributed by atoms with Gasteiger partial charge in [0.05, 0.1) is 11.6 Å². The van der Waals surface area contributed by atoms with Crippen LogP contribution in [0.25, 0.3) is 10.9 Å². The van der Waals surface area contributed by atoms with Gasteiger partial charge in [0.2, 0.25) is 0 Å². The summed E-state index contributed by atoms with van der Waals surface area (Å²) in [4.78, 5) is 8.23. The Bertz CT molecular complexity index is 533. The largest absolute Gasteiger partial charge is 0.392 e. The molecule has 0 saturated carbocycles. The van der Waals surface area contributed by atoms with Gasteiger partial charge in [-0.15, -0.1) is 0 Å². The molecule has 5 heteroatoms.